The van der Waals surface area contributed by atoms with E-state index in [2.05, 4.69) is 26.8 Å². The second-order valence-corrected chi connectivity index (χ2v) is 6.76. The summed E-state index contributed by atoms with van der Waals surface area (Å²) in [5.41, 5.74) is 4.94. The largest absolute Gasteiger partial charge is 0.496 e. The molecule has 110 valence electrons. The van der Waals surface area contributed by atoms with Crippen LogP contribution in [-0.4, -0.2) is 18.9 Å². The molecule has 0 spiro atoms. The van der Waals surface area contributed by atoms with E-state index < -0.39 is 11.8 Å². The number of hydrazine groups is 1. The SMILES string of the molecule is COc1cc(Cl)ccc1C(=O)NNC(=O)c1ccc(Br)s1. The highest BCUT2D eigenvalue weighted by atomic mass is 79.9. The van der Waals surface area contributed by atoms with Gasteiger partial charge in [0.1, 0.15) is 5.75 Å². The van der Waals surface area contributed by atoms with E-state index in [4.69, 9.17) is 16.3 Å². The molecule has 1 aromatic carbocycles. The van der Waals surface area contributed by atoms with Crippen molar-refractivity contribution in [2.45, 2.75) is 0 Å². The Morgan fingerprint density at radius 1 is 1.19 bits per heavy atom. The number of ether oxygens (including phenoxy) is 1. The number of amides is 2. The van der Waals surface area contributed by atoms with E-state index in [0.29, 0.717) is 15.6 Å². The number of nitrogens with one attached hydrogen (secondary N) is 2. The lowest BCUT2D eigenvalue weighted by Gasteiger charge is -2.10. The summed E-state index contributed by atoms with van der Waals surface area (Å²) in [5, 5.41) is 0.455. The maximum absolute atomic E-state index is 12.0. The Labute approximate surface area is 138 Å². The van der Waals surface area contributed by atoms with Gasteiger partial charge in [0.05, 0.1) is 21.3 Å². The van der Waals surface area contributed by atoms with Gasteiger partial charge in [-0.3, -0.25) is 20.4 Å². The second-order valence-electron chi connectivity index (χ2n) is 3.86. The Kier molecular flexibility index (Phi) is 5.22. The molecule has 0 saturated carbocycles. The molecule has 0 bridgehead atoms. The summed E-state index contributed by atoms with van der Waals surface area (Å²) in [4.78, 5) is 24.3. The van der Waals surface area contributed by atoms with Crippen LogP contribution in [0.3, 0.4) is 0 Å². The van der Waals surface area contributed by atoms with Crippen molar-refractivity contribution in [3.05, 3.63) is 49.6 Å². The molecule has 0 fully saturated rings. The quantitative estimate of drug-likeness (QED) is 0.792. The van der Waals surface area contributed by atoms with Gasteiger partial charge in [-0.05, 0) is 46.3 Å². The lowest BCUT2D eigenvalue weighted by molar-refractivity contribution is 0.0847. The minimum Gasteiger partial charge on any atom is -0.496 e. The summed E-state index contributed by atoms with van der Waals surface area (Å²) in [7, 11) is 1.43. The standard InChI is InChI=1S/C13H10BrClN2O3S/c1-20-9-6-7(15)2-3-8(9)12(18)16-17-13(19)10-4-5-11(14)21-10/h2-6H,1H3,(H,16,18)(H,17,19). The number of hydrogen-bond donors (Lipinski definition) is 2. The lowest BCUT2D eigenvalue weighted by atomic mass is 10.2. The van der Waals surface area contributed by atoms with Crippen molar-refractivity contribution < 1.29 is 14.3 Å². The Hall–Kier alpha value is -1.57. The highest BCUT2D eigenvalue weighted by Crippen LogP contribution is 2.23. The van der Waals surface area contributed by atoms with Crippen LogP contribution >= 0.6 is 38.9 Å². The Bertz CT molecular complexity index is 690. The first-order valence-corrected chi connectivity index (χ1v) is 7.69. The third-order valence-corrected chi connectivity index (χ3v) is 4.35. The van der Waals surface area contributed by atoms with Crippen molar-refractivity contribution in [1.82, 2.24) is 10.9 Å². The third-order valence-electron chi connectivity index (χ3n) is 2.49. The molecule has 0 unspecified atom stereocenters. The van der Waals surface area contributed by atoms with Crippen LogP contribution in [0.1, 0.15) is 20.0 Å². The molecule has 0 aliphatic carbocycles. The van der Waals surface area contributed by atoms with Gasteiger partial charge in [0, 0.05) is 5.02 Å². The summed E-state index contributed by atoms with van der Waals surface area (Å²) in [6.45, 7) is 0. The monoisotopic (exact) mass is 388 g/mol. The number of hydrogen-bond acceptors (Lipinski definition) is 4. The highest BCUT2D eigenvalue weighted by molar-refractivity contribution is 9.11. The van der Waals surface area contributed by atoms with Gasteiger partial charge in [-0.25, -0.2) is 0 Å². The van der Waals surface area contributed by atoms with E-state index >= 15 is 0 Å². The molecule has 2 aromatic rings. The zero-order valence-corrected chi connectivity index (χ0v) is 13.9. The fourth-order valence-corrected chi connectivity index (χ4v) is 2.97. The summed E-state index contributed by atoms with van der Waals surface area (Å²) in [5.74, 6) is -0.562. The molecule has 2 amide bonds. The summed E-state index contributed by atoms with van der Waals surface area (Å²) >= 11 is 10.4. The van der Waals surface area contributed by atoms with Gasteiger partial charge < -0.3 is 4.74 Å². The van der Waals surface area contributed by atoms with Crippen LogP contribution in [0.5, 0.6) is 5.75 Å². The number of thiophene rings is 1. The van der Waals surface area contributed by atoms with E-state index in [1.165, 1.54) is 30.6 Å². The normalized spacial score (nSPS) is 10.0. The molecule has 0 aliphatic rings. The minimum absolute atomic E-state index is 0.273. The molecule has 2 N–H and O–H groups in total. The Morgan fingerprint density at radius 3 is 2.52 bits per heavy atom. The van der Waals surface area contributed by atoms with Gasteiger partial charge in [-0.15, -0.1) is 11.3 Å². The number of carbonyl (C=O) groups excluding carboxylic acids is 2. The number of rotatable bonds is 3. The lowest BCUT2D eigenvalue weighted by Crippen LogP contribution is -2.41. The molecule has 0 saturated heterocycles. The molecule has 2 rings (SSSR count). The molecule has 8 heteroatoms. The van der Waals surface area contributed by atoms with Crippen LogP contribution in [0.25, 0.3) is 0 Å². The van der Waals surface area contributed by atoms with Gasteiger partial charge in [-0.1, -0.05) is 11.6 Å². The van der Waals surface area contributed by atoms with Crippen LogP contribution < -0.4 is 15.6 Å². The van der Waals surface area contributed by atoms with E-state index in [0.717, 1.165) is 3.79 Å². The first kappa shape index (κ1) is 15.8. The van der Waals surface area contributed by atoms with Crippen molar-refractivity contribution in [2.24, 2.45) is 0 Å². The van der Waals surface area contributed by atoms with Gasteiger partial charge in [0.15, 0.2) is 0 Å². The highest BCUT2D eigenvalue weighted by Gasteiger charge is 2.14. The van der Waals surface area contributed by atoms with E-state index in [9.17, 15) is 9.59 Å². The van der Waals surface area contributed by atoms with Crippen molar-refractivity contribution in [3.63, 3.8) is 0 Å². The zero-order chi connectivity index (χ0) is 15.4. The molecule has 5 nitrogen and oxygen atoms in total. The van der Waals surface area contributed by atoms with Crippen molar-refractivity contribution >= 4 is 50.7 Å². The zero-order valence-electron chi connectivity index (χ0n) is 10.8. The predicted octanol–water partition coefficient (Wildman–Crippen LogP) is 3.25. The number of methoxy groups -OCH3 is 1. The molecule has 0 atom stereocenters. The van der Waals surface area contributed by atoms with Gasteiger partial charge in [-0.2, -0.15) is 0 Å². The summed E-state index contributed by atoms with van der Waals surface area (Å²) < 4.78 is 5.91. The minimum atomic E-state index is -0.493. The average molecular weight is 390 g/mol. The van der Waals surface area contributed by atoms with Gasteiger partial charge >= 0.3 is 0 Å². The first-order chi connectivity index (χ1) is 10.0. The van der Waals surface area contributed by atoms with Gasteiger partial charge in [0.2, 0.25) is 0 Å². The molecular formula is C13H10BrClN2O3S. The first-order valence-electron chi connectivity index (χ1n) is 5.71. The fourth-order valence-electron chi connectivity index (χ4n) is 1.53. The van der Waals surface area contributed by atoms with E-state index in [-0.39, 0.29) is 5.56 Å². The van der Waals surface area contributed by atoms with Crippen LogP contribution in [0, 0.1) is 0 Å². The van der Waals surface area contributed by atoms with Crippen molar-refractivity contribution in [3.8, 4) is 5.75 Å². The maximum Gasteiger partial charge on any atom is 0.279 e. The Balaban J connectivity index is 2.03. The summed E-state index contributed by atoms with van der Waals surface area (Å²) in [6.07, 6.45) is 0. The number of carbonyl (C=O) groups is 2. The van der Waals surface area contributed by atoms with Crippen LogP contribution in [-0.2, 0) is 0 Å². The van der Waals surface area contributed by atoms with Crippen molar-refractivity contribution in [1.29, 1.82) is 0 Å². The molecule has 0 aliphatic heterocycles. The predicted molar refractivity (Wildman–Crippen MR) is 85.0 cm³/mol. The number of benzene rings is 1. The Morgan fingerprint density at radius 2 is 1.90 bits per heavy atom. The third kappa shape index (κ3) is 3.96. The molecule has 1 aromatic heterocycles. The molecular weight excluding hydrogens is 380 g/mol. The van der Waals surface area contributed by atoms with Crippen LogP contribution in [0.15, 0.2) is 34.1 Å². The molecule has 1 heterocycles. The average Bonchev–Trinajstić information content (AvgIpc) is 2.90. The maximum atomic E-state index is 12.0. The topological polar surface area (TPSA) is 67.4 Å². The smallest absolute Gasteiger partial charge is 0.279 e. The van der Waals surface area contributed by atoms with E-state index in [1.54, 1.807) is 18.2 Å². The molecule has 21 heavy (non-hydrogen) atoms. The molecule has 0 radical (unpaired) electrons. The second kappa shape index (κ2) is 6.93. The van der Waals surface area contributed by atoms with Crippen molar-refractivity contribution in [2.75, 3.05) is 7.11 Å². The summed E-state index contributed by atoms with van der Waals surface area (Å²) in [6, 6.07) is 8.01. The number of halogens is 2. The fraction of sp³-hybridized carbons (Fsp3) is 0.0769. The van der Waals surface area contributed by atoms with Crippen LogP contribution in [0.2, 0.25) is 5.02 Å². The van der Waals surface area contributed by atoms with Gasteiger partial charge in [0.25, 0.3) is 11.8 Å². The van der Waals surface area contributed by atoms with E-state index in [1.807, 2.05) is 0 Å². The van der Waals surface area contributed by atoms with Crippen LogP contribution in [0.4, 0.5) is 0 Å².